The zero-order valence-corrected chi connectivity index (χ0v) is 12.4. The molecule has 0 aromatic heterocycles. The summed E-state index contributed by atoms with van der Waals surface area (Å²) >= 11 is 0. The molecule has 0 heterocycles. The largest absolute Gasteiger partial charge is 0.435 e. The van der Waals surface area contributed by atoms with Crippen LogP contribution in [0.1, 0.15) is 26.3 Å². The number of hydrogen-bond acceptors (Lipinski definition) is 3. The van der Waals surface area contributed by atoms with Crippen LogP contribution in [-0.2, 0) is 11.2 Å². The summed E-state index contributed by atoms with van der Waals surface area (Å²) in [6.07, 6.45) is -0.770. The summed E-state index contributed by atoms with van der Waals surface area (Å²) in [5, 5.41) is 12.4. The van der Waals surface area contributed by atoms with E-state index in [1.54, 1.807) is 18.2 Å². The van der Waals surface area contributed by atoms with E-state index in [4.69, 9.17) is 0 Å². The maximum absolute atomic E-state index is 12.3. The minimum absolute atomic E-state index is 0.0148. The summed E-state index contributed by atoms with van der Waals surface area (Å²) in [5.74, 6) is -0.373. The van der Waals surface area contributed by atoms with Gasteiger partial charge in [0.1, 0.15) is 5.75 Å². The van der Waals surface area contributed by atoms with Crippen molar-refractivity contribution < 1.29 is 23.4 Å². The Bertz CT molecular complexity index is 472. The van der Waals surface area contributed by atoms with Crippen molar-refractivity contribution in [1.82, 2.24) is 5.32 Å². The highest BCUT2D eigenvalue weighted by molar-refractivity contribution is 5.79. The zero-order valence-electron chi connectivity index (χ0n) is 12.4. The second-order valence-electron chi connectivity index (χ2n) is 5.85. The van der Waals surface area contributed by atoms with Crippen LogP contribution in [-0.4, -0.2) is 30.3 Å². The maximum Gasteiger partial charge on any atom is 0.387 e. The summed E-state index contributed by atoms with van der Waals surface area (Å²) in [4.78, 5) is 11.8. The fourth-order valence-corrected chi connectivity index (χ4v) is 1.61. The van der Waals surface area contributed by atoms with Gasteiger partial charge in [-0.15, -0.1) is 0 Å². The average molecular weight is 301 g/mol. The number of benzene rings is 1. The molecule has 6 heteroatoms. The van der Waals surface area contributed by atoms with E-state index in [1.807, 2.05) is 20.8 Å². The number of nitrogens with one attached hydrogen (secondary N) is 1. The molecule has 0 aliphatic carbocycles. The smallest absolute Gasteiger partial charge is 0.387 e. The standard InChI is InChI=1S/C15H21F2NO3/c1-15(2,3)12(19)9-18-13(20)8-10-6-4-5-7-11(10)21-14(16)17/h4-7,12,14,19H,8-9H2,1-3H3,(H,18,20). The second kappa shape index (κ2) is 7.36. The highest BCUT2D eigenvalue weighted by Gasteiger charge is 2.22. The van der Waals surface area contributed by atoms with Crippen LogP contribution < -0.4 is 10.1 Å². The van der Waals surface area contributed by atoms with E-state index in [-0.39, 0.29) is 30.0 Å². The minimum atomic E-state index is -2.93. The van der Waals surface area contributed by atoms with Crippen LogP contribution >= 0.6 is 0 Å². The summed E-state index contributed by atoms with van der Waals surface area (Å²) in [6.45, 7) is 2.75. The van der Waals surface area contributed by atoms with Gasteiger partial charge in [0.05, 0.1) is 12.5 Å². The van der Waals surface area contributed by atoms with Crippen molar-refractivity contribution in [3.05, 3.63) is 29.8 Å². The summed E-state index contributed by atoms with van der Waals surface area (Å²) in [5.41, 5.74) is 0.0322. The minimum Gasteiger partial charge on any atom is -0.435 e. The fraction of sp³-hybridized carbons (Fsp3) is 0.533. The number of aliphatic hydroxyl groups is 1. The van der Waals surface area contributed by atoms with Crippen LogP contribution in [0.4, 0.5) is 8.78 Å². The van der Waals surface area contributed by atoms with Gasteiger partial charge in [-0.05, 0) is 11.5 Å². The molecule has 4 nitrogen and oxygen atoms in total. The quantitative estimate of drug-likeness (QED) is 0.848. The Labute approximate surface area is 123 Å². The van der Waals surface area contributed by atoms with Crippen molar-refractivity contribution in [2.24, 2.45) is 5.41 Å². The molecule has 2 N–H and O–H groups in total. The first-order valence-electron chi connectivity index (χ1n) is 6.67. The molecule has 0 aliphatic rings. The normalized spacial score (nSPS) is 13.1. The van der Waals surface area contributed by atoms with Gasteiger partial charge in [-0.1, -0.05) is 39.0 Å². The number of carbonyl (C=O) groups is 1. The third-order valence-corrected chi connectivity index (χ3v) is 3.03. The van der Waals surface area contributed by atoms with Crippen LogP contribution in [0, 0.1) is 5.41 Å². The van der Waals surface area contributed by atoms with E-state index < -0.39 is 12.7 Å². The lowest BCUT2D eigenvalue weighted by atomic mass is 9.89. The molecule has 118 valence electrons. The summed E-state index contributed by atoms with van der Waals surface area (Å²) < 4.78 is 28.9. The van der Waals surface area contributed by atoms with Crippen LogP contribution in [0.5, 0.6) is 5.75 Å². The van der Waals surface area contributed by atoms with Crippen molar-refractivity contribution in [1.29, 1.82) is 0 Å². The topological polar surface area (TPSA) is 58.6 Å². The van der Waals surface area contributed by atoms with Gasteiger partial charge >= 0.3 is 6.61 Å². The molecule has 1 rings (SSSR count). The van der Waals surface area contributed by atoms with Crippen molar-refractivity contribution in [3.63, 3.8) is 0 Å². The number of aliphatic hydroxyl groups excluding tert-OH is 1. The molecule has 0 spiro atoms. The van der Waals surface area contributed by atoms with Gasteiger partial charge in [-0.25, -0.2) is 0 Å². The Morgan fingerprint density at radius 2 is 1.95 bits per heavy atom. The molecule has 1 amide bonds. The lowest BCUT2D eigenvalue weighted by Crippen LogP contribution is -2.39. The van der Waals surface area contributed by atoms with E-state index in [1.165, 1.54) is 6.07 Å². The van der Waals surface area contributed by atoms with Gasteiger partial charge < -0.3 is 15.2 Å². The van der Waals surface area contributed by atoms with Gasteiger partial charge in [0, 0.05) is 12.1 Å². The molecule has 0 bridgehead atoms. The highest BCUT2D eigenvalue weighted by atomic mass is 19.3. The lowest BCUT2D eigenvalue weighted by Gasteiger charge is -2.25. The fourth-order valence-electron chi connectivity index (χ4n) is 1.61. The monoisotopic (exact) mass is 301 g/mol. The molecule has 1 unspecified atom stereocenters. The number of halogens is 2. The number of rotatable bonds is 6. The summed E-state index contributed by atoms with van der Waals surface area (Å²) in [7, 11) is 0. The molecule has 1 aromatic carbocycles. The third-order valence-electron chi connectivity index (χ3n) is 3.03. The molecule has 0 fully saturated rings. The van der Waals surface area contributed by atoms with Gasteiger partial charge in [-0.3, -0.25) is 4.79 Å². The maximum atomic E-state index is 12.3. The highest BCUT2D eigenvalue weighted by Crippen LogP contribution is 2.21. The lowest BCUT2D eigenvalue weighted by molar-refractivity contribution is -0.121. The third kappa shape index (κ3) is 6.08. The first kappa shape index (κ1) is 17.4. The van der Waals surface area contributed by atoms with Gasteiger partial charge in [0.25, 0.3) is 0 Å². The molecular weight excluding hydrogens is 280 g/mol. The first-order valence-corrected chi connectivity index (χ1v) is 6.67. The molecule has 0 aliphatic heterocycles. The zero-order chi connectivity index (χ0) is 16.0. The van der Waals surface area contributed by atoms with Crippen LogP contribution in [0.2, 0.25) is 0 Å². The van der Waals surface area contributed by atoms with E-state index in [9.17, 15) is 18.7 Å². The number of alkyl halides is 2. The Kier molecular flexibility index (Phi) is 6.08. The van der Waals surface area contributed by atoms with E-state index in [2.05, 4.69) is 10.1 Å². The molecule has 21 heavy (non-hydrogen) atoms. The van der Waals surface area contributed by atoms with Gasteiger partial charge in [0.2, 0.25) is 5.91 Å². The molecule has 0 saturated carbocycles. The molecule has 0 saturated heterocycles. The second-order valence-corrected chi connectivity index (χ2v) is 5.85. The van der Waals surface area contributed by atoms with Crippen LogP contribution in [0.15, 0.2) is 24.3 Å². The average Bonchev–Trinajstić information content (AvgIpc) is 2.36. The SMILES string of the molecule is CC(C)(C)C(O)CNC(=O)Cc1ccccc1OC(F)F. The van der Waals surface area contributed by atoms with E-state index in [0.29, 0.717) is 5.56 Å². The van der Waals surface area contributed by atoms with Crippen LogP contribution in [0.25, 0.3) is 0 Å². The van der Waals surface area contributed by atoms with E-state index in [0.717, 1.165) is 0 Å². The predicted octanol–water partition coefficient (Wildman–Crippen LogP) is 2.35. The molecule has 1 aromatic rings. The number of ether oxygens (including phenoxy) is 1. The summed E-state index contributed by atoms with van der Waals surface area (Å²) in [6, 6.07) is 6.14. The molecule has 0 radical (unpaired) electrons. The van der Waals surface area contributed by atoms with Gasteiger partial charge in [0.15, 0.2) is 0 Å². The van der Waals surface area contributed by atoms with Crippen molar-refractivity contribution in [2.45, 2.75) is 39.9 Å². The Morgan fingerprint density at radius 3 is 2.52 bits per heavy atom. The van der Waals surface area contributed by atoms with Crippen molar-refractivity contribution in [2.75, 3.05) is 6.54 Å². The number of carbonyl (C=O) groups excluding carboxylic acids is 1. The number of para-hydroxylation sites is 1. The van der Waals surface area contributed by atoms with E-state index >= 15 is 0 Å². The van der Waals surface area contributed by atoms with Crippen molar-refractivity contribution in [3.8, 4) is 5.75 Å². The number of amides is 1. The first-order chi connectivity index (χ1) is 9.70. The van der Waals surface area contributed by atoms with Gasteiger partial charge in [-0.2, -0.15) is 8.78 Å². The van der Waals surface area contributed by atoms with Crippen molar-refractivity contribution >= 4 is 5.91 Å². The Morgan fingerprint density at radius 1 is 1.33 bits per heavy atom. The predicted molar refractivity (Wildman–Crippen MR) is 75.2 cm³/mol. The number of hydrogen-bond donors (Lipinski definition) is 2. The Balaban J connectivity index is 2.59. The molecular formula is C15H21F2NO3. The van der Waals surface area contributed by atoms with Crippen LogP contribution in [0.3, 0.4) is 0 Å². The Hall–Kier alpha value is -1.69. The molecule has 1 atom stereocenters.